The molecule has 5 atom stereocenters. The molecule has 0 bridgehead atoms. The van der Waals surface area contributed by atoms with Gasteiger partial charge in [0.15, 0.2) is 17.3 Å². The molecular formula is C35H39NO7. The lowest BCUT2D eigenvalue weighted by molar-refractivity contribution is -0.300. The topological polar surface area (TPSA) is 83.5 Å². The summed E-state index contributed by atoms with van der Waals surface area (Å²) in [6.07, 6.45) is -1.82. The largest absolute Gasteiger partial charge is 0.358 e. The minimum absolute atomic E-state index is 0.0155. The van der Waals surface area contributed by atoms with Crippen LogP contribution in [0.5, 0.6) is 0 Å². The van der Waals surface area contributed by atoms with E-state index in [1.807, 2.05) is 68.4 Å². The van der Waals surface area contributed by atoms with Crippen LogP contribution in [0.15, 0.2) is 91.0 Å². The molecule has 0 amide bonds. The van der Waals surface area contributed by atoms with Crippen LogP contribution in [0.2, 0.25) is 0 Å². The van der Waals surface area contributed by atoms with Gasteiger partial charge in [-0.2, -0.15) is 5.06 Å². The molecule has 0 N–H and O–H groups in total. The van der Waals surface area contributed by atoms with Crippen molar-refractivity contribution in [3.8, 4) is 0 Å². The first kappa shape index (κ1) is 29.8. The van der Waals surface area contributed by atoms with E-state index >= 15 is 0 Å². The standard InChI is InChI=1S/C35H39NO7/c1-24(37)20-21-36-34(22-29(43-36)25(2)38)32-31(41-33(3,4)42-32)30(40-34)23-39-35(26-14-8-5-9-15-26,27-16-10-6-11-17-27)28-18-12-7-13-19-28/h5-19,29-32H,20-23H2,1-4H3/t29-,30+,31+,32+,34-/m0/s1. The minimum atomic E-state index is -1.12. The molecule has 3 saturated heterocycles. The number of hydrogen-bond donors (Lipinski definition) is 0. The number of fused-ring (bicyclic) bond motifs is 2. The van der Waals surface area contributed by atoms with Crippen molar-refractivity contribution in [1.29, 1.82) is 0 Å². The van der Waals surface area contributed by atoms with Crippen molar-refractivity contribution in [3.05, 3.63) is 108 Å². The second kappa shape index (κ2) is 11.7. The van der Waals surface area contributed by atoms with Gasteiger partial charge in [-0.25, -0.2) is 0 Å². The summed E-state index contributed by atoms with van der Waals surface area (Å²) in [6.45, 7) is 7.21. The molecule has 1 spiro atoms. The van der Waals surface area contributed by atoms with Crippen molar-refractivity contribution < 1.29 is 33.4 Å². The molecule has 3 aromatic carbocycles. The van der Waals surface area contributed by atoms with Crippen LogP contribution in [-0.2, 0) is 39.0 Å². The molecule has 8 heteroatoms. The van der Waals surface area contributed by atoms with Gasteiger partial charge in [-0.1, -0.05) is 91.0 Å². The summed E-state index contributed by atoms with van der Waals surface area (Å²) in [5.41, 5.74) is 0.863. The SMILES string of the molecule is CC(=O)CCN1O[C@H](C(C)=O)C[C@@]12O[C@H](COC(c1ccccc1)(c1ccccc1)c1ccccc1)[C@H]1OC(C)(C)O[C@H]12. The average Bonchev–Trinajstić information content (AvgIpc) is 3.63. The lowest BCUT2D eigenvalue weighted by atomic mass is 9.80. The molecule has 3 heterocycles. The summed E-state index contributed by atoms with van der Waals surface area (Å²) in [5, 5.41) is 1.64. The van der Waals surface area contributed by atoms with Crippen molar-refractivity contribution in [2.45, 2.75) is 82.1 Å². The maximum Gasteiger partial charge on any atom is 0.176 e. The number of Topliss-reactive ketones (excluding diaryl/α,β-unsaturated/α-hetero) is 2. The Labute approximate surface area is 252 Å². The molecule has 0 aromatic heterocycles. The zero-order chi connectivity index (χ0) is 30.2. The number of hydrogen-bond acceptors (Lipinski definition) is 8. The van der Waals surface area contributed by atoms with Crippen molar-refractivity contribution in [1.82, 2.24) is 5.06 Å². The van der Waals surface area contributed by atoms with Crippen molar-refractivity contribution in [3.63, 3.8) is 0 Å². The predicted molar refractivity (Wildman–Crippen MR) is 159 cm³/mol. The highest BCUT2D eigenvalue weighted by Gasteiger charge is 2.69. The Morgan fingerprint density at radius 1 is 0.837 bits per heavy atom. The number of carbonyl (C=O) groups excluding carboxylic acids is 2. The third-order valence-corrected chi connectivity index (χ3v) is 8.58. The maximum atomic E-state index is 12.5. The van der Waals surface area contributed by atoms with Gasteiger partial charge in [0.25, 0.3) is 0 Å². The Bertz CT molecular complexity index is 1330. The van der Waals surface area contributed by atoms with Crippen LogP contribution >= 0.6 is 0 Å². The molecule has 43 heavy (non-hydrogen) atoms. The van der Waals surface area contributed by atoms with E-state index in [9.17, 15) is 9.59 Å². The zero-order valence-electron chi connectivity index (χ0n) is 25.1. The second-order valence-corrected chi connectivity index (χ2v) is 12.1. The molecule has 6 rings (SSSR count). The lowest BCUT2D eigenvalue weighted by Gasteiger charge is -2.38. The number of benzene rings is 3. The minimum Gasteiger partial charge on any atom is -0.358 e. The lowest BCUT2D eigenvalue weighted by Crippen LogP contribution is -2.53. The molecule has 0 aliphatic carbocycles. The molecule has 3 aromatic rings. The summed E-state index contributed by atoms with van der Waals surface area (Å²) in [5.74, 6) is -0.985. The van der Waals surface area contributed by atoms with E-state index in [4.69, 9.17) is 23.8 Å². The van der Waals surface area contributed by atoms with E-state index in [0.29, 0.717) is 0 Å². The Morgan fingerprint density at radius 3 is 1.86 bits per heavy atom. The first-order chi connectivity index (χ1) is 20.6. The van der Waals surface area contributed by atoms with E-state index in [1.54, 1.807) is 5.06 Å². The summed E-state index contributed by atoms with van der Waals surface area (Å²) in [7, 11) is 0. The van der Waals surface area contributed by atoms with Crippen molar-refractivity contribution in [2.75, 3.05) is 13.2 Å². The highest BCUT2D eigenvalue weighted by molar-refractivity contribution is 5.80. The number of ketones is 2. The number of ether oxygens (including phenoxy) is 4. The fraction of sp³-hybridized carbons (Fsp3) is 0.429. The molecule has 3 aliphatic heterocycles. The first-order valence-corrected chi connectivity index (χ1v) is 14.9. The van der Waals surface area contributed by atoms with Gasteiger partial charge in [-0.3, -0.25) is 14.4 Å². The van der Waals surface area contributed by atoms with Gasteiger partial charge in [-0.15, -0.1) is 0 Å². The van der Waals surface area contributed by atoms with Crippen LogP contribution in [0, 0.1) is 0 Å². The van der Waals surface area contributed by atoms with E-state index in [1.165, 1.54) is 13.8 Å². The summed E-state index contributed by atoms with van der Waals surface area (Å²) >= 11 is 0. The Balaban J connectivity index is 1.40. The molecule has 0 unspecified atom stereocenters. The zero-order valence-corrected chi connectivity index (χ0v) is 25.1. The summed E-state index contributed by atoms with van der Waals surface area (Å²) < 4.78 is 26.9. The van der Waals surface area contributed by atoms with Crippen molar-refractivity contribution in [2.24, 2.45) is 0 Å². The van der Waals surface area contributed by atoms with E-state index < -0.39 is 41.5 Å². The van der Waals surface area contributed by atoms with Crippen LogP contribution < -0.4 is 0 Å². The number of carbonyl (C=O) groups is 2. The van der Waals surface area contributed by atoms with Gasteiger partial charge in [-0.05, 0) is 44.4 Å². The molecule has 3 fully saturated rings. The van der Waals surface area contributed by atoms with Gasteiger partial charge >= 0.3 is 0 Å². The highest BCUT2D eigenvalue weighted by Crippen LogP contribution is 2.52. The molecule has 0 saturated carbocycles. The third-order valence-electron chi connectivity index (χ3n) is 8.58. The normalized spacial score (nSPS) is 28.3. The predicted octanol–water partition coefficient (Wildman–Crippen LogP) is 5.18. The quantitative estimate of drug-likeness (QED) is 0.301. The summed E-state index contributed by atoms with van der Waals surface area (Å²) in [6, 6.07) is 30.5. The maximum absolute atomic E-state index is 12.5. The Kier molecular flexibility index (Phi) is 8.10. The molecule has 226 valence electrons. The Morgan fingerprint density at radius 2 is 1.37 bits per heavy atom. The van der Waals surface area contributed by atoms with Crippen LogP contribution in [0.4, 0.5) is 0 Å². The van der Waals surface area contributed by atoms with Crippen molar-refractivity contribution >= 4 is 11.6 Å². The Hall–Kier alpha value is -3.24. The van der Waals surface area contributed by atoms with Crippen LogP contribution in [0.3, 0.4) is 0 Å². The fourth-order valence-electron chi connectivity index (χ4n) is 6.64. The number of hydroxylamine groups is 2. The fourth-order valence-corrected chi connectivity index (χ4v) is 6.64. The van der Waals surface area contributed by atoms with Crippen LogP contribution in [0.25, 0.3) is 0 Å². The van der Waals surface area contributed by atoms with E-state index in [2.05, 4.69) is 36.4 Å². The van der Waals surface area contributed by atoms with Gasteiger partial charge in [0.2, 0.25) is 0 Å². The van der Waals surface area contributed by atoms with Gasteiger partial charge in [0.05, 0.1) is 6.61 Å². The molecular weight excluding hydrogens is 546 g/mol. The van der Waals surface area contributed by atoms with Gasteiger partial charge in [0.1, 0.15) is 35.8 Å². The second-order valence-electron chi connectivity index (χ2n) is 12.1. The molecule has 3 aliphatic rings. The number of rotatable bonds is 10. The summed E-state index contributed by atoms with van der Waals surface area (Å²) in [4.78, 5) is 30.6. The highest BCUT2D eigenvalue weighted by atomic mass is 16.8. The third kappa shape index (κ3) is 5.48. The first-order valence-electron chi connectivity index (χ1n) is 14.9. The van der Waals surface area contributed by atoms with E-state index in [0.717, 1.165) is 16.7 Å². The average molecular weight is 586 g/mol. The molecule has 8 nitrogen and oxygen atoms in total. The molecule has 0 radical (unpaired) electrons. The van der Waals surface area contributed by atoms with Gasteiger partial charge < -0.3 is 18.9 Å². The number of nitrogens with zero attached hydrogens (tertiary/aromatic N) is 1. The van der Waals surface area contributed by atoms with E-state index in [-0.39, 0.29) is 37.6 Å². The monoisotopic (exact) mass is 585 g/mol. The van der Waals surface area contributed by atoms with Gasteiger partial charge in [0, 0.05) is 19.4 Å². The van der Waals surface area contributed by atoms with Crippen LogP contribution in [0.1, 0.15) is 57.2 Å². The smallest absolute Gasteiger partial charge is 0.176 e. The van der Waals surface area contributed by atoms with Crippen LogP contribution in [-0.4, -0.2) is 65.7 Å².